The first-order chi connectivity index (χ1) is 15.9. The number of hydrogen-bond acceptors (Lipinski definition) is 7. The molecule has 0 bridgehead atoms. The Labute approximate surface area is 198 Å². The van der Waals surface area contributed by atoms with Gasteiger partial charge in [-0.25, -0.2) is 4.79 Å². The van der Waals surface area contributed by atoms with Crippen molar-refractivity contribution in [1.82, 2.24) is 15.1 Å². The van der Waals surface area contributed by atoms with Crippen molar-refractivity contribution in [3.63, 3.8) is 0 Å². The summed E-state index contributed by atoms with van der Waals surface area (Å²) in [5.41, 5.74) is 1.08. The van der Waals surface area contributed by atoms with E-state index in [4.69, 9.17) is 14.2 Å². The molecule has 1 aromatic carbocycles. The standard InChI is InChI=1S/C24H31N3O5S/c1-24(22(28)27(23(29)25-24)13-16-7-10-33-15-16)17-5-8-26(9-6-17)14-19-20(31-3)11-18(30-2)12-21(19)32-4/h7,10-12,15,17H,5-6,8-9,13-14H2,1-4H3,(H,25,29)/t24-/m0/s1. The van der Waals surface area contributed by atoms with Gasteiger partial charge in [0.05, 0.1) is 33.4 Å². The van der Waals surface area contributed by atoms with Crippen LogP contribution in [0.5, 0.6) is 17.2 Å². The van der Waals surface area contributed by atoms with Crippen molar-refractivity contribution in [2.75, 3.05) is 34.4 Å². The molecule has 0 unspecified atom stereocenters. The van der Waals surface area contributed by atoms with Gasteiger partial charge in [0.2, 0.25) is 0 Å². The van der Waals surface area contributed by atoms with Gasteiger partial charge in [-0.2, -0.15) is 11.3 Å². The van der Waals surface area contributed by atoms with Gasteiger partial charge in [-0.15, -0.1) is 0 Å². The van der Waals surface area contributed by atoms with E-state index < -0.39 is 5.54 Å². The van der Waals surface area contributed by atoms with Crippen molar-refractivity contribution in [3.05, 3.63) is 40.1 Å². The second kappa shape index (κ2) is 9.61. The number of nitrogens with zero attached hydrogens (tertiary/aromatic N) is 2. The molecule has 3 amide bonds. The smallest absolute Gasteiger partial charge is 0.325 e. The lowest BCUT2D eigenvalue weighted by atomic mass is 9.78. The van der Waals surface area contributed by atoms with Gasteiger partial charge in [0.1, 0.15) is 22.8 Å². The number of likely N-dealkylation sites (tertiary alicyclic amines) is 1. The fraction of sp³-hybridized carbons (Fsp3) is 0.500. The second-order valence-electron chi connectivity index (χ2n) is 8.72. The van der Waals surface area contributed by atoms with Crippen molar-refractivity contribution in [2.45, 2.75) is 38.4 Å². The van der Waals surface area contributed by atoms with Gasteiger partial charge < -0.3 is 19.5 Å². The summed E-state index contributed by atoms with van der Waals surface area (Å²) in [6, 6.07) is 5.37. The fourth-order valence-electron chi connectivity index (χ4n) is 4.83. The molecule has 0 aliphatic carbocycles. The number of benzene rings is 1. The highest BCUT2D eigenvalue weighted by molar-refractivity contribution is 7.07. The molecule has 0 saturated carbocycles. The molecule has 33 heavy (non-hydrogen) atoms. The lowest BCUT2D eigenvalue weighted by Crippen LogP contribution is -2.53. The summed E-state index contributed by atoms with van der Waals surface area (Å²) in [5, 5.41) is 6.92. The van der Waals surface area contributed by atoms with Crippen LogP contribution < -0.4 is 19.5 Å². The third-order valence-corrected chi connectivity index (χ3v) is 7.56. The van der Waals surface area contributed by atoms with Gasteiger partial charge in [0.25, 0.3) is 5.91 Å². The van der Waals surface area contributed by atoms with E-state index in [9.17, 15) is 9.59 Å². The third-order valence-electron chi connectivity index (χ3n) is 6.82. The molecular formula is C24H31N3O5S. The van der Waals surface area contributed by atoms with Crippen LogP contribution in [0.25, 0.3) is 0 Å². The van der Waals surface area contributed by atoms with E-state index in [1.165, 1.54) is 4.90 Å². The maximum atomic E-state index is 13.3. The van der Waals surface area contributed by atoms with Crippen LogP contribution >= 0.6 is 11.3 Å². The first-order valence-corrected chi connectivity index (χ1v) is 12.0. The molecule has 0 spiro atoms. The largest absolute Gasteiger partial charge is 0.496 e. The minimum atomic E-state index is -0.866. The van der Waals surface area contributed by atoms with Crippen molar-refractivity contribution in [3.8, 4) is 17.2 Å². The van der Waals surface area contributed by atoms with Crippen molar-refractivity contribution in [2.24, 2.45) is 5.92 Å². The zero-order chi connectivity index (χ0) is 23.6. The topological polar surface area (TPSA) is 80.3 Å². The van der Waals surface area contributed by atoms with Gasteiger partial charge in [0.15, 0.2) is 0 Å². The molecule has 9 heteroatoms. The summed E-state index contributed by atoms with van der Waals surface area (Å²) < 4.78 is 16.5. The van der Waals surface area contributed by atoms with Crippen LogP contribution in [0.2, 0.25) is 0 Å². The molecule has 8 nitrogen and oxygen atoms in total. The van der Waals surface area contributed by atoms with Crippen LogP contribution in [0, 0.1) is 5.92 Å². The van der Waals surface area contributed by atoms with Crippen molar-refractivity contribution >= 4 is 23.3 Å². The van der Waals surface area contributed by atoms with E-state index in [0.717, 1.165) is 48.6 Å². The first kappa shape index (κ1) is 23.4. The van der Waals surface area contributed by atoms with Crippen LogP contribution in [0.15, 0.2) is 29.0 Å². The number of carbonyl (C=O) groups is 2. The average molecular weight is 474 g/mol. The third kappa shape index (κ3) is 4.52. The monoisotopic (exact) mass is 473 g/mol. The minimum absolute atomic E-state index is 0.0809. The van der Waals surface area contributed by atoms with E-state index in [-0.39, 0.29) is 17.9 Å². The molecule has 2 aromatic rings. The molecule has 1 N–H and O–H groups in total. The number of ether oxygens (including phenoxy) is 3. The minimum Gasteiger partial charge on any atom is -0.496 e. The zero-order valence-corrected chi connectivity index (χ0v) is 20.4. The van der Waals surface area contributed by atoms with Crippen LogP contribution in [0.4, 0.5) is 4.79 Å². The quantitative estimate of drug-likeness (QED) is 0.591. The SMILES string of the molecule is COc1cc(OC)c(CN2CCC([C@]3(C)NC(=O)N(Cc4ccsc4)C3=O)CC2)c(OC)c1. The van der Waals surface area contributed by atoms with Crippen LogP contribution in [-0.4, -0.2) is 61.7 Å². The van der Waals surface area contributed by atoms with Gasteiger partial charge in [-0.05, 0) is 61.2 Å². The summed E-state index contributed by atoms with van der Waals surface area (Å²) in [5.74, 6) is 2.08. The predicted octanol–water partition coefficient (Wildman–Crippen LogP) is 3.50. The Hall–Kier alpha value is -2.78. The molecule has 1 aromatic heterocycles. The summed E-state index contributed by atoms with van der Waals surface area (Å²) in [4.78, 5) is 29.5. The normalized spacial score (nSPS) is 21.9. The number of nitrogens with one attached hydrogen (secondary N) is 1. The van der Waals surface area contributed by atoms with Gasteiger partial charge in [-0.3, -0.25) is 14.6 Å². The molecule has 178 valence electrons. The zero-order valence-electron chi connectivity index (χ0n) is 19.6. The Bertz CT molecular complexity index is 979. The number of carbonyl (C=O) groups excluding carboxylic acids is 2. The number of thiophene rings is 1. The number of amides is 3. The van der Waals surface area contributed by atoms with E-state index in [1.807, 2.05) is 35.9 Å². The molecule has 0 radical (unpaired) electrons. The Morgan fingerprint density at radius 2 is 1.73 bits per heavy atom. The van der Waals surface area contributed by atoms with Crippen LogP contribution in [0.3, 0.4) is 0 Å². The summed E-state index contributed by atoms with van der Waals surface area (Å²) in [6.07, 6.45) is 1.63. The number of hydrogen-bond donors (Lipinski definition) is 1. The summed E-state index contributed by atoms with van der Waals surface area (Å²) >= 11 is 1.56. The number of imide groups is 1. The highest BCUT2D eigenvalue weighted by Gasteiger charge is 2.52. The Morgan fingerprint density at radius 1 is 1.06 bits per heavy atom. The molecule has 2 fully saturated rings. The van der Waals surface area contributed by atoms with Crippen LogP contribution in [-0.2, 0) is 17.9 Å². The van der Waals surface area contributed by atoms with Gasteiger partial charge in [0, 0.05) is 18.7 Å². The predicted molar refractivity (Wildman–Crippen MR) is 126 cm³/mol. The maximum Gasteiger partial charge on any atom is 0.325 e. The average Bonchev–Trinajstić information content (AvgIpc) is 3.42. The molecule has 1 atom stereocenters. The Kier molecular flexibility index (Phi) is 6.81. The van der Waals surface area contributed by atoms with E-state index in [1.54, 1.807) is 32.7 Å². The Balaban J connectivity index is 1.42. The molecule has 2 aliphatic heterocycles. The first-order valence-electron chi connectivity index (χ1n) is 11.1. The maximum absolute atomic E-state index is 13.3. The Morgan fingerprint density at radius 3 is 2.27 bits per heavy atom. The fourth-order valence-corrected chi connectivity index (χ4v) is 5.49. The number of urea groups is 1. The molecule has 3 heterocycles. The van der Waals surface area contributed by atoms with E-state index in [2.05, 4.69) is 10.2 Å². The lowest BCUT2D eigenvalue weighted by Gasteiger charge is -2.39. The van der Waals surface area contributed by atoms with Crippen molar-refractivity contribution < 1.29 is 23.8 Å². The van der Waals surface area contributed by atoms with E-state index in [0.29, 0.717) is 18.8 Å². The molecule has 2 aliphatic rings. The van der Waals surface area contributed by atoms with Gasteiger partial charge >= 0.3 is 6.03 Å². The summed E-state index contributed by atoms with van der Waals surface area (Å²) in [6.45, 7) is 4.49. The second-order valence-corrected chi connectivity index (χ2v) is 9.50. The number of piperidine rings is 1. The van der Waals surface area contributed by atoms with E-state index >= 15 is 0 Å². The highest BCUT2D eigenvalue weighted by atomic mass is 32.1. The molecule has 2 saturated heterocycles. The molecular weight excluding hydrogens is 442 g/mol. The van der Waals surface area contributed by atoms with Crippen molar-refractivity contribution in [1.29, 1.82) is 0 Å². The number of rotatable bonds is 8. The van der Waals surface area contributed by atoms with Crippen LogP contribution in [0.1, 0.15) is 30.9 Å². The number of methoxy groups -OCH3 is 3. The highest BCUT2D eigenvalue weighted by Crippen LogP contribution is 2.38. The van der Waals surface area contributed by atoms with Gasteiger partial charge in [-0.1, -0.05) is 0 Å². The summed E-state index contributed by atoms with van der Waals surface area (Å²) in [7, 11) is 4.89. The molecule has 4 rings (SSSR count). The lowest BCUT2D eigenvalue weighted by molar-refractivity contribution is -0.133.